The van der Waals surface area contributed by atoms with Gasteiger partial charge >= 0.3 is 0 Å². The maximum atomic E-state index is 4.82. The van der Waals surface area contributed by atoms with Crippen LogP contribution in [0.5, 0.6) is 0 Å². The lowest BCUT2D eigenvalue weighted by molar-refractivity contribution is 1.43. The van der Waals surface area contributed by atoms with Gasteiger partial charge in [0, 0.05) is 0 Å². The first-order chi connectivity index (χ1) is 3.93. The minimum atomic E-state index is 0.723. The third-order valence-electron chi connectivity index (χ3n) is 1.01. The van der Waals surface area contributed by atoms with Gasteiger partial charge in [-0.3, -0.25) is 0 Å². The topological polar surface area (TPSA) is 0 Å². The van der Waals surface area contributed by atoms with Crippen LogP contribution in [0, 0.1) is 0 Å². The van der Waals surface area contributed by atoms with Crippen molar-refractivity contribution in [1.82, 2.24) is 0 Å². The van der Waals surface area contributed by atoms with Gasteiger partial charge in [-0.25, -0.2) is 0 Å². The fourth-order valence-corrected chi connectivity index (χ4v) is 0.767. The minimum absolute atomic E-state index is 0.723. The van der Waals surface area contributed by atoms with Crippen molar-refractivity contribution in [2.75, 3.05) is 0 Å². The second-order valence-electron chi connectivity index (χ2n) is 1.63. The van der Waals surface area contributed by atoms with Crippen LogP contribution in [0.2, 0.25) is 0 Å². The van der Waals surface area contributed by atoms with E-state index in [9.17, 15) is 0 Å². The lowest BCUT2D eigenvalue weighted by Crippen LogP contribution is -1.74. The number of hydrogen-bond acceptors (Lipinski definition) is 1. The Morgan fingerprint density at radius 1 is 1.12 bits per heavy atom. The molecule has 8 heavy (non-hydrogen) atoms. The van der Waals surface area contributed by atoms with E-state index in [0.717, 1.165) is 5.75 Å². The van der Waals surface area contributed by atoms with Crippen LogP contribution in [-0.2, 0) is 18.4 Å². The molecule has 0 aliphatic heterocycles. The molecule has 0 aromatic heterocycles. The highest BCUT2D eigenvalue weighted by Crippen LogP contribution is 1.96. The summed E-state index contributed by atoms with van der Waals surface area (Å²) in [6.07, 6.45) is 0. The predicted octanol–water partition coefficient (Wildman–Crippen LogP) is 1.73. The van der Waals surface area contributed by atoms with E-state index in [4.69, 9.17) is 12.6 Å². The SMILES string of the molecule is [S-]Cc1ccccc1. The van der Waals surface area contributed by atoms with Crippen molar-refractivity contribution >= 4 is 12.6 Å². The number of benzene rings is 1. The molecule has 0 nitrogen and oxygen atoms in total. The van der Waals surface area contributed by atoms with Gasteiger partial charge in [-0.15, -0.1) is 0 Å². The van der Waals surface area contributed by atoms with Gasteiger partial charge in [0.1, 0.15) is 0 Å². The maximum Gasteiger partial charge on any atom is -0.0610 e. The first kappa shape index (κ1) is 5.70. The molecule has 0 N–H and O–H groups in total. The van der Waals surface area contributed by atoms with Gasteiger partial charge in [-0.05, 0) is 0 Å². The molecule has 0 fully saturated rings. The van der Waals surface area contributed by atoms with Crippen molar-refractivity contribution in [3.05, 3.63) is 35.9 Å². The van der Waals surface area contributed by atoms with Crippen LogP contribution < -0.4 is 0 Å². The van der Waals surface area contributed by atoms with E-state index in [2.05, 4.69) is 0 Å². The fourth-order valence-electron chi connectivity index (χ4n) is 0.574. The lowest BCUT2D eigenvalue weighted by atomic mass is 10.2. The Hall–Kier alpha value is -0.430. The zero-order valence-corrected chi connectivity index (χ0v) is 5.32. The molecule has 0 saturated heterocycles. The predicted molar refractivity (Wildman–Crippen MR) is 37.5 cm³/mol. The van der Waals surface area contributed by atoms with Crippen molar-refractivity contribution in [2.24, 2.45) is 0 Å². The monoisotopic (exact) mass is 123 g/mol. The summed E-state index contributed by atoms with van der Waals surface area (Å²) in [7, 11) is 0. The van der Waals surface area contributed by atoms with Crippen LogP contribution >= 0.6 is 0 Å². The summed E-state index contributed by atoms with van der Waals surface area (Å²) in [6.45, 7) is 0. The van der Waals surface area contributed by atoms with Crippen LogP contribution in [0.4, 0.5) is 0 Å². The molecule has 0 atom stereocenters. The van der Waals surface area contributed by atoms with Gasteiger partial charge in [0.2, 0.25) is 0 Å². The van der Waals surface area contributed by atoms with Gasteiger partial charge in [-0.1, -0.05) is 35.9 Å². The smallest absolute Gasteiger partial charge is 0.0610 e. The van der Waals surface area contributed by atoms with Crippen molar-refractivity contribution in [2.45, 2.75) is 5.75 Å². The van der Waals surface area contributed by atoms with Crippen molar-refractivity contribution in [3.63, 3.8) is 0 Å². The number of hydrogen-bond donors (Lipinski definition) is 0. The van der Waals surface area contributed by atoms with Crippen molar-refractivity contribution in [3.8, 4) is 0 Å². The molecule has 42 valence electrons. The second kappa shape index (κ2) is 2.78. The standard InChI is InChI=1S/C7H8S/c8-6-7-4-2-1-3-5-7/h1-5,8H,6H2/p-1. The van der Waals surface area contributed by atoms with Crippen LogP contribution in [0.1, 0.15) is 5.56 Å². The summed E-state index contributed by atoms with van der Waals surface area (Å²) in [5, 5.41) is 0. The molecule has 1 heteroatoms. The molecule has 1 rings (SSSR count). The molecule has 0 unspecified atom stereocenters. The average molecular weight is 123 g/mol. The zero-order chi connectivity index (χ0) is 5.82. The van der Waals surface area contributed by atoms with E-state index < -0.39 is 0 Å². The first-order valence-electron chi connectivity index (χ1n) is 2.55. The van der Waals surface area contributed by atoms with E-state index >= 15 is 0 Å². The van der Waals surface area contributed by atoms with Crippen LogP contribution in [0.25, 0.3) is 0 Å². The van der Waals surface area contributed by atoms with E-state index in [-0.39, 0.29) is 0 Å². The Bertz CT molecular complexity index is 146. The molecule has 1 aromatic rings. The summed E-state index contributed by atoms with van der Waals surface area (Å²) < 4.78 is 0. The maximum absolute atomic E-state index is 4.82. The van der Waals surface area contributed by atoms with Gasteiger partial charge in [-0.2, -0.15) is 5.75 Å². The highest BCUT2D eigenvalue weighted by Gasteiger charge is 1.74. The Kier molecular flexibility index (Phi) is 1.98. The molecule has 0 saturated carbocycles. The van der Waals surface area contributed by atoms with Crippen molar-refractivity contribution < 1.29 is 0 Å². The Morgan fingerprint density at radius 2 is 1.75 bits per heavy atom. The summed E-state index contributed by atoms with van der Waals surface area (Å²) in [5.74, 6) is 0.723. The number of rotatable bonds is 1. The molecule has 0 spiro atoms. The molecule has 0 amide bonds. The Morgan fingerprint density at radius 3 is 2.12 bits per heavy atom. The third kappa shape index (κ3) is 1.27. The molecular weight excluding hydrogens is 116 g/mol. The highest BCUT2D eigenvalue weighted by molar-refractivity contribution is 7.57. The zero-order valence-electron chi connectivity index (χ0n) is 4.50. The van der Waals surface area contributed by atoms with E-state index in [1.165, 1.54) is 5.56 Å². The average Bonchev–Trinajstić information content (AvgIpc) is 1.90. The van der Waals surface area contributed by atoms with Crippen LogP contribution in [0.3, 0.4) is 0 Å². The van der Waals surface area contributed by atoms with Gasteiger partial charge in [0.05, 0.1) is 0 Å². The molecule has 0 heterocycles. The minimum Gasteiger partial charge on any atom is -0.788 e. The first-order valence-corrected chi connectivity index (χ1v) is 3.13. The summed E-state index contributed by atoms with van der Waals surface area (Å²) in [6, 6.07) is 10.1. The quantitative estimate of drug-likeness (QED) is 0.512. The lowest BCUT2D eigenvalue weighted by Gasteiger charge is -2.00. The summed E-state index contributed by atoms with van der Waals surface area (Å²) in [5.41, 5.74) is 1.22. The summed E-state index contributed by atoms with van der Waals surface area (Å²) >= 11 is 4.82. The molecule has 0 bridgehead atoms. The molecule has 0 radical (unpaired) electrons. The molecule has 0 aliphatic carbocycles. The van der Waals surface area contributed by atoms with Gasteiger partial charge in [0.15, 0.2) is 0 Å². The fraction of sp³-hybridized carbons (Fsp3) is 0.143. The molecular formula is C7H7S-. The van der Waals surface area contributed by atoms with Gasteiger partial charge < -0.3 is 12.6 Å². The van der Waals surface area contributed by atoms with E-state index in [1.807, 2.05) is 30.3 Å². The normalized spacial score (nSPS) is 9.12. The Balaban J connectivity index is 2.83. The summed E-state index contributed by atoms with van der Waals surface area (Å²) in [4.78, 5) is 0. The second-order valence-corrected chi connectivity index (χ2v) is 1.92. The van der Waals surface area contributed by atoms with Crippen molar-refractivity contribution in [1.29, 1.82) is 0 Å². The molecule has 1 aromatic carbocycles. The largest absolute Gasteiger partial charge is 0.788 e. The Labute approximate surface area is 55.0 Å². The van der Waals surface area contributed by atoms with Gasteiger partial charge in [0.25, 0.3) is 0 Å². The van der Waals surface area contributed by atoms with Crippen LogP contribution in [-0.4, -0.2) is 0 Å². The van der Waals surface area contributed by atoms with E-state index in [0.29, 0.717) is 0 Å². The third-order valence-corrected chi connectivity index (χ3v) is 1.34. The van der Waals surface area contributed by atoms with Crippen LogP contribution in [0.15, 0.2) is 30.3 Å². The highest BCUT2D eigenvalue weighted by atomic mass is 32.1. The van der Waals surface area contributed by atoms with E-state index in [1.54, 1.807) is 0 Å². The molecule has 0 aliphatic rings.